The van der Waals surface area contributed by atoms with Gasteiger partial charge in [0.25, 0.3) is 0 Å². The first-order chi connectivity index (χ1) is 8.31. The Kier molecular flexibility index (Phi) is 4.45. The van der Waals surface area contributed by atoms with Crippen molar-refractivity contribution in [3.05, 3.63) is 36.2 Å². The average molecular weight is 249 g/mol. The van der Waals surface area contributed by atoms with Gasteiger partial charge < -0.3 is 5.32 Å². The van der Waals surface area contributed by atoms with Crippen LogP contribution in [0.25, 0.3) is 5.52 Å². The molecule has 1 N–H and O–H groups in total. The number of thioether (sulfide) groups is 1. The molecule has 0 radical (unpaired) electrons. The van der Waals surface area contributed by atoms with Gasteiger partial charge in [-0.2, -0.15) is 16.9 Å². The number of pyridine rings is 1. The Bertz CT molecular complexity index is 466. The van der Waals surface area contributed by atoms with Gasteiger partial charge in [0, 0.05) is 23.6 Å². The Morgan fingerprint density at radius 2 is 2.35 bits per heavy atom. The van der Waals surface area contributed by atoms with E-state index in [1.807, 2.05) is 34.7 Å². The number of hydrogen-bond acceptors (Lipinski definition) is 3. The van der Waals surface area contributed by atoms with Gasteiger partial charge in [-0.05, 0) is 31.4 Å². The first kappa shape index (κ1) is 12.5. The van der Waals surface area contributed by atoms with Gasteiger partial charge in [-0.25, -0.2) is 4.52 Å². The lowest BCUT2D eigenvalue weighted by Crippen LogP contribution is -2.17. The molecule has 3 nitrogen and oxygen atoms in total. The van der Waals surface area contributed by atoms with Crippen molar-refractivity contribution >= 4 is 17.3 Å². The van der Waals surface area contributed by atoms with Gasteiger partial charge in [0.1, 0.15) is 0 Å². The van der Waals surface area contributed by atoms with Crippen LogP contribution in [0.4, 0.5) is 0 Å². The van der Waals surface area contributed by atoms with Gasteiger partial charge in [-0.15, -0.1) is 0 Å². The molecule has 0 bridgehead atoms. The van der Waals surface area contributed by atoms with E-state index in [9.17, 15) is 0 Å². The summed E-state index contributed by atoms with van der Waals surface area (Å²) >= 11 is 1.92. The van der Waals surface area contributed by atoms with Crippen molar-refractivity contribution in [3.63, 3.8) is 0 Å². The van der Waals surface area contributed by atoms with Crippen LogP contribution >= 0.6 is 11.8 Å². The molecule has 0 aromatic carbocycles. The molecule has 0 aliphatic carbocycles. The Hall–Kier alpha value is -1.00. The highest BCUT2D eigenvalue weighted by Gasteiger charge is 2.03. The van der Waals surface area contributed by atoms with Crippen LogP contribution in [-0.4, -0.2) is 27.7 Å². The fraction of sp³-hybridized carbons (Fsp3) is 0.462. The van der Waals surface area contributed by atoms with E-state index < -0.39 is 0 Å². The van der Waals surface area contributed by atoms with Crippen molar-refractivity contribution in [3.8, 4) is 0 Å². The highest BCUT2D eigenvalue weighted by molar-refractivity contribution is 7.99. The SMILES string of the molecule is CSC(C)CCNCc1cnn2ccccc12. The molecule has 4 heteroatoms. The Labute approximate surface area is 107 Å². The third kappa shape index (κ3) is 3.23. The van der Waals surface area contributed by atoms with Gasteiger partial charge in [0.2, 0.25) is 0 Å². The van der Waals surface area contributed by atoms with Crippen LogP contribution in [0, 0.1) is 0 Å². The van der Waals surface area contributed by atoms with Crippen molar-refractivity contribution in [2.75, 3.05) is 12.8 Å². The van der Waals surface area contributed by atoms with E-state index in [-0.39, 0.29) is 0 Å². The van der Waals surface area contributed by atoms with Crippen molar-refractivity contribution < 1.29 is 0 Å². The van der Waals surface area contributed by atoms with Crippen LogP contribution in [0.3, 0.4) is 0 Å². The molecule has 2 aromatic rings. The predicted molar refractivity (Wildman–Crippen MR) is 74.5 cm³/mol. The average Bonchev–Trinajstić information content (AvgIpc) is 2.78. The molecule has 0 aliphatic rings. The highest BCUT2D eigenvalue weighted by atomic mass is 32.2. The third-order valence-electron chi connectivity index (χ3n) is 2.95. The van der Waals surface area contributed by atoms with Crippen LogP contribution in [0.2, 0.25) is 0 Å². The summed E-state index contributed by atoms with van der Waals surface area (Å²) in [6.07, 6.45) is 7.30. The van der Waals surface area contributed by atoms with Gasteiger partial charge in [0.15, 0.2) is 0 Å². The number of fused-ring (bicyclic) bond motifs is 1. The normalized spacial score (nSPS) is 13.1. The molecular formula is C13H19N3S. The van der Waals surface area contributed by atoms with E-state index in [0.29, 0.717) is 0 Å². The second-order valence-electron chi connectivity index (χ2n) is 4.21. The monoisotopic (exact) mass is 249 g/mol. The van der Waals surface area contributed by atoms with E-state index in [1.165, 1.54) is 17.5 Å². The Balaban J connectivity index is 1.87. The topological polar surface area (TPSA) is 29.3 Å². The van der Waals surface area contributed by atoms with E-state index in [4.69, 9.17) is 0 Å². The minimum absolute atomic E-state index is 0.728. The van der Waals surface area contributed by atoms with E-state index >= 15 is 0 Å². The summed E-state index contributed by atoms with van der Waals surface area (Å²) in [5.74, 6) is 0. The molecular weight excluding hydrogens is 230 g/mol. The van der Waals surface area contributed by atoms with Gasteiger partial charge in [-0.3, -0.25) is 0 Å². The number of rotatable bonds is 6. The zero-order valence-electron chi connectivity index (χ0n) is 10.4. The lowest BCUT2D eigenvalue weighted by atomic mass is 10.2. The van der Waals surface area contributed by atoms with E-state index in [2.05, 4.69) is 35.7 Å². The fourth-order valence-corrected chi connectivity index (χ4v) is 2.12. The summed E-state index contributed by atoms with van der Waals surface area (Å²) in [6, 6.07) is 6.15. The Morgan fingerprint density at radius 1 is 1.47 bits per heavy atom. The lowest BCUT2D eigenvalue weighted by Gasteiger charge is -2.08. The first-order valence-electron chi connectivity index (χ1n) is 5.96. The summed E-state index contributed by atoms with van der Waals surface area (Å²) in [4.78, 5) is 0. The largest absolute Gasteiger partial charge is 0.312 e. The third-order valence-corrected chi connectivity index (χ3v) is 3.99. The van der Waals surface area contributed by atoms with E-state index in [1.54, 1.807) is 0 Å². The maximum absolute atomic E-state index is 4.32. The second-order valence-corrected chi connectivity index (χ2v) is 5.49. The molecule has 17 heavy (non-hydrogen) atoms. The summed E-state index contributed by atoms with van der Waals surface area (Å²) < 4.78 is 1.92. The van der Waals surface area contributed by atoms with Crippen LogP contribution in [0.1, 0.15) is 18.9 Å². The van der Waals surface area contributed by atoms with Crippen molar-refractivity contribution in [2.45, 2.75) is 25.1 Å². The first-order valence-corrected chi connectivity index (χ1v) is 7.25. The minimum Gasteiger partial charge on any atom is -0.312 e. The quantitative estimate of drug-likeness (QED) is 0.798. The molecule has 92 valence electrons. The number of hydrogen-bond donors (Lipinski definition) is 1. The molecule has 1 unspecified atom stereocenters. The molecule has 0 saturated carbocycles. The summed E-state index contributed by atoms with van der Waals surface area (Å²) in [5, 5.41) is 8.53. The summed E-state index contributed by atoms with van der Waals surface area (Å²) in [5.41, 5.74) is 2.46. The van der Waals surface area contributed by atoms with Crippen LogP contribution < -0.4 is 5.32 Å². The number of aromatic nitrogens is 2. The van der Waals surface area contributed by atoms with Crippen LogP contribution in [0.5, 0.6) is 0 Å². The number of nitrogens with zero attached hydrogens (tertiary/aromatic N) is 2. The molecule has 0 amide bonds. The molecule has 0 fully saturated rings. The minimum atomic E-state index is 0.728. The zero-order valence-corrected chi connectivity index (χ0v) is 11.2. The predicted octanol–water partition coefficient (Wildman–Crippen LogP) is 2.57. The Morgan fingerprint density at radius 3 is 3.18 bits per heavy atom. The smallest absolute Gasteiger partial charge is 0.0706 e. The molecule has 0 aliphatic heterocycles. The second kappa shape index (κ2) is 6.07. The van der Waals surface area contributed by atoms with Gasteiger partial charge >= 0.3 is 0 Å². The maximum atomic E-state index is 4.32. The van der Waals surface area contributed by atoms with Crippen molar-refractivity contribution in [2.24, 2.45) is 0 Å². The maximum Gasteiger partial charge on any atom is 0.0706 e. The van der Waals surface area contributed by atoms with Crippen LogP contribution in [-0.2, 0) is 6.54 Å². The number of nitrogens with one attached hydrogen (secondary N) is 1. The fourth-order valence-electron chi connectivity index (χ4n) is 1.77. The molecule has 1 atom stereocenters. The zero-order chi connectivity index (χ0) is 12.1. The molecule has 0 saturated heterocycles. The molecule has 0 spiro atoms. The molecule has 2 heterocycles. The molecule has 2 rings (SSSR count). The highest BCUT2D eigenvalue weighted by Crippen LogP contribution is 2.10. The standard InChI is InChI=1S/C13H19N3S/c1-11(17-2)6-7-14-9-12-10-15-16-8-4-3-5-13(12)16/h3-5,8,10-11,14H,6-7,9H2,1-2H3. The van der Waals surface area contributed by atoms with Crippen LogP contribution in [0.15, 0.2) is 30.6 Å². The van der Waals surface area contributed by atoms with Crippen molar-refractivity contribution in [1.29, 1.82) is 0 Å². The van der Waals surface area contributed by atoms with Gasteiger partial charge in [0.05, 0.1) is 11.7 Å². The van der Waals surface area contributed by atoms with Crippen molar-refractivity contribution in [1.82, 2.24) is 14.9 Å². The summed E-state index contributed by atoms with van der Waals surface area (Å²) in [6.45, 7) is 4.22. The molecule has 2 aromatic heterocycles. The summed E-state index contributed by atoms with van der Waals surface area (Å²) in [7, 11) is 0. The van der Waals surface area contributed by atoms with Gasteiger partial charge in [-0.1, -0.05) is 13.0 Å². The lowest BCUT2D eigenvalue weighted by molar-refractivity contribution is 0.650. The van der Waals surface area contributed by atoms with E-state index in [0.717, 1.165) is 18.3 Å².